The smallest absolute Gasteiger partial charge is 0.243 e. The molecule has 1 atom stereocenters. The van der Waals surface area contributed by atoms with E-state index in [-0.39, 0.29) is 11.9 Å². The summed E-state index contributed by atoms with van der Waals surface area (Å²) in [5, 5.41) is 2.97. The Morgan fingerprint density at radius 1 is 0.969 bits per heavy atom. The lowest BCUT2D eigenvalue weighted by Gasteiger charge is -2.36. The van der Waals surface area contributed by atoms with Crippen molar-refractivity contribution in [2.45, 2.75) is 37.1 Å². The average molecular weight is 457 g/mol. The minimum Gasteiger partial charge on any atom is -0.378 e. The van der Waals surface area contributed by atoms with Gasteiger partial charge >= 0.3 is 0 Å². The fourth-order valence-corrected chi connectivity index (χ4v) is 5.92. The van der Waals surface area contributed by atoms with Gasteiger partial charge in [-0.25, -0.2) is 8.42 Å². The Balaban J connectivity index is 1.34. The third-order valence-corrected chi connectivity index (χ3v) is 8.45. The highest BCUT2D eigenvalue weighted by molar-refractivity contribution is 7.89. The molecule has 0 unspecified atom stereocenters. The van der Waals surface area contributed by atoms with Crippen LogP contribution in [0.25, 0.3) is 0 Å². The number of benzene rings is 2. The van der Waals surface area contributed by atoms with E-state index in [0.717, 1.165) is 36.2 Å². The first kappa shape index (κ1) is 22.8. The van der Waals surface area contributed by atoms with Crippen molar-refractivity contribution in [2.24, 2.45) is 0 Å². The van der Waals surface area contributed by atoms with Gasteiger partial charge in [-0.2, -0.15) is 4.31 Å². The summed E-state index contributed by atoms with van der Waals surface area (Å²) >= 11 is 0. The molecule has 1 aliphatic carbocycles. The largest absolute Gasteiger partial charge is 0.378 e. The third-order valence-electron chi connectivity index (χ3n) is 6.56. The molecule has 1 fully saturated rings. The Bertz CT molecular complexity index is 1070. The second-order valence-electron chi connectivity index (χ2n) is 8.83. The number of amides is 1. The van der Waals surface area contributed by atoms with Gasteiger partial charge in [-0.05, 0) is 73.7 Å². The van der Waals surface area contributed by atoms with Gasteiger partial charge < -0.3 is 10.2 Å². The van der Waals surface area contributed by atoms with Crippen LogP contribution in [0, 0.1) is 0 Å². The highest BCUT2D eigenvalue weighted by Gasteiger charge is 2.32. The first-order valence-corrected chi connectivity index (χ1v) is 12.6. The van der Waals surface area contributed by atoms with Crippen LogP contribution in [0.1, 0.15) is 24.5 Å². The number of hydrogen-bond donors (Lipinski definition) is 1. The highest BCUT2D eigenvalue weighted by atomic mass is 32.2. The minimum absolute atomic E-state index is 0.0856. The SMILES string of the molecule is C[C@@H](C(=O)Nc1ccc(N(C)C)cc1)N1CCN(S(=O)(=O)c2ccc3c(c2)CCC3)CC1. The predicted molar refractivity (Wildman–Crippen MR) is 128 cm³/mol. The summed E-state index contributed by atoms with van der Waals surface area (Å²) in [5.41, 5.74) is 4.25. The average Bonchev–Trinajstić information content (AvgIpc) is 3.27. The summed E-state index contributed by atoms with van der Waals surface area (Å²) in [6, 6.07) is 12.9. The molecule has 0 radical (unpaired) electrons. The number of hydrogen-bond acceptors (Lipinski definition) is 5. The Kier molecular flexibility index (Phi) is 6.55. The summed E-state index contributed by atoms with van der Waals surface area (Å²) in [4.78, 5) is 17.2. The molecule has 1 aliphatic heterocycles. The van der Waals surface area contributed by atoms with Crippen LogP contribution in [0.15, 0.2) is 47.4 Å². The molecule has 1 heterocycles. The van der Waals surface area contributed by atoms with E-state index in [1.807, 2.05) is 67.2 Å². The van der Waals surface area contributed by atoms with Gasteiger partial charge in [0.25, 0.3) is 0 Å². The number of carbonyl (C=O) groups excluding carboxylic acids is 1. The van der Waals surface area contributed by atoms with Crippen molar-refractivity contribution in [3.8, 4) is 0 Å². The molecule has 8 heteroatoms. The summed E-state index contributed by atoms with van der Waals surface area (Å²) < 4.78 is 27.8. The Morgan fingerprint density at radius 3 is 2.28 bits per heavy atom. The molecule has 4 rings (SSSR count). The van der Waals surface area contributed by atoms with Gasteiger partial charge in [-0.1, -0.05) is 6.07 Å². The van der Waals surface area contributed by atoms with Gasteiger partial charge in [0.05, 0.1) is 10.9 Å². The zero-order chi connectivity index (χ0) is 22.9. The lowest BCUT2D eigenvalue weighted by atomic mass is 10.1. The molecule has 7 nitrogen and oxygen atoms in total. The predicted octanol–water partition coefficient (Wildman–Crippen LogP) is 2.57. The molecule has 2 aromatic carbocycles. The van der Waals surface area contributed by atoms with Crippen LogP contribution >= 0.6 is 0 Å². The monoisotopic (exact) mass is 456 g/mol. The van der Waals surface area contributed by atoms with Gasteiger partial charge in [-0.15, -0.1) is 0 Å². The number of nitrogens with zero attached hydrogens (tertiary/aromatic N) is 3. The third kappa shape index (κ3) is 4.67. The molecule has 2 aliphatic rings. The van der Waals surface area contributed by atoms with E-state index in [9.17, 15) is 13.2 Å². The van der Waals surface area contributed by atoms with E-state index in [2.05, 4.69) is 5.32 Å². The maximum Gasteiger partial charge on any atom is 0.243 e. The van der Waals surface area contributed by atoms with Gasteiger partial charge in [-0.3, -0.25) is 9.69 Å². The van der Waals surface area contributed by atoms with E-state index in [1.54, 1.807) is 10.4 Å². The molecule has 0 aromatic heterocycles. The van der Waals surface area contributed by atoms with Gasteiger partial charge in [0.2, 0.25) is 15.9 Å². The second-order valence-corrected chi connectivity index (χ2v) is 10.8. The van der Waals surface area contributed by atoms with Gasteiger partial charge in [0.15, 0.2) is 0 Å². The number of anilines is 2. The van der Waals surface area contributed by atoms with Crippen LogP contribution in [0.2, 0.25) is 0 Å². The van der Waals surface area contributed by atoms with E-state index < -0.39 is 10.0 Å². The van der Waals surface area contributed by atoms with E-state index >= 15 is 0 Å². The number of aryl methyl sites for hydroxylation is 2. The van der Waals surface area contributed by atoms with E-state index in [4.69, 9.17) is 0 Å². The molecule has 0 saturated carbocycles. The number of fused-ring (bicyclic) bond motifs is 1. The molecule has 0 spiro atoms. The molecular formula is C24H32N4O3S. The number of rotatable bonds is 6. The van der Waals surface area contributed by atoms with Crippen LogP contribution in [0.4, 0.5) is 11.4 Å². The maximum atomic E-state index is 13.1. The number of nitrogens with one attached hydrogen (secondary N) is 1. The van der Waals surface area contributed by atoms with Gasteiger partial charge in [0.1, 0.15) is 0 Å². The van der Waals surface area contributed by atoms with Gasteiger partial charge in [0, 0.05) is 51.6 Å². The lowest BCUT2D eigenvalue weighted by Crippen LogP contribution is -2.53. The van der Waals surface area contributed by atoms with Crippen molar-refractivity contribution in [3.05, 3.63) is 53.6 Å². The van der Waals surface area contributed by atoms with Crippen molar-refractivity contribution in [1.29, 1.82) is 0 Å². The van der Waals surface area contributed by atoms with E-state index in [0.29, 0.717) is 31.1 Å². The minimum atomic E-state index is -3.51. The highest BCUT2D eigenvalue weighted by Crippen LogP contribution is 2.27. The summed E-state index contributed by atoms with van der Waals surface area (Å²) in [6.07, 6.45) is 3.09. The number of sulfonamides is 1. The standard InChI is InChI=1S/C24H32N4O3S/c1-18(24(29)25-21-8-10-22(11-9-21)26(2)3)27-13-15-28(16-14-27)32(30,31)23-12-7-19-5-4-6-20(19)17-23/h7-12,17-18H,4-6,13-16H2,1-3H3,(H,25,29)/t18-/m0/s1. The van der Waals surface area contributed by atoms with Crippen LogP contribution < -0.4 is 10.2 Å². The van der Waals surface area contributed by atoms with E-state index in [1.165, 1.54) is 5.56 Å². The van der Waals surface area contributed by atoms with Crippen molar-refractivity contribution < 1.29 is 13.2 Å². The Labute approximate surface area is 191 Å². The quantitative estimate of drug-likeness (QED) is 0.723. The fraction of sp³-hybridized carbons (Fsp3) is 0.458. The van der Waals surface area contributed by atoms with Crippen LogP contribution in [0.3, 0.4) is 0 Å². The Hall–Kier alpha value is -2.42. The maximum absolute atomic E-state index is 13.1. The molecule has 172 valence electrons. The summed E-state index contributed by atoms with van der Waals surface area (Å²) in [5.74, 6) is -0.0856. The van der Waals surface area contributed by atoms with Crippen molar-refractivity contribution in [3.63, 3.8) is 0 Å². The fourth-order valence-electron chi connectivity index (χ4n) is 4.44. The number of carbonyl (C=O) groups is 1. The first-order valence-electron chi connectivity index (χ1n) is 11.2. The lowest BCUT2D eigenvalue weighted by molar-refractivity contribution is -0.121. The zero-order valence-electron chi connectivity index (χ0n) is 19.0. The summed E-state index contributed by atoms with van der Waals surface area (Å²) in [7, 11) is 0.434. The molecular weight excluding hydrogens is 424 g/mol. The van der Waals surface area contributed by atoms with Crippen LogP contribution in [0.5, 0.6) is 0 Å². The molecule has 1 saturated heterocycles. The molecule has 0 bridgehead atoms. The number of piperazine rings is 1. The molecule has 2 aromatic rings. The molecule has 1 N–H and O–H groups in total. The normalized spacial score (nSPS) is 18.2. The molecule has 32 heavy (non-hydrogen) atoms. The van der Waals surface area contributed by atoms with Crippen molar-refractivity contribution in [1.82, 2.24) is 9.21 Å². The van der Waals surface area contributed by atoms with Crippen molar-refractivity contribution in [2.75, 3.05) is 50.5 Å². The van der Waals surface area contributed by atoms with Crippen LogP contribution in [-0.4, -0.2) is 69.8 Å². The first-order chi connectivity index (χ1) is 15.3. The topological polar surface area (TPSA) is 73.0 Å². The zero-order valence-corrected chi connectivity index (χ0v) is 19.9. The molecule has 1 amide bonds. The Morgan fingerprint density at radius 2 is 1.62 bits per heavy atom. The van der Waals surface area contributed by atoms with Crippen molar-refractivity contribution >= 4 is 27.3 Å². The van der Waals surface area contributed by atoms with Crippen LogP contribution in [-0.2, 0) is 27.7 Å². The summed E-state index contributed by atoms with van der Waals surface area (Å²) in [6.45, 7) is 3.69. The second kappa shape index (κ2) is 9.21.